The third-order valence-electron chi connectivity index (χ3n) is 13.1. The van der Waals surface area contributed by atoms with E-state index in [1.807, 2.05) is 0 Å². The third kappa shape index (κ3) is 8.23. The Morgan fingerprint density at radius 2 is 0.406 bits per heavy atom. The van der Waals surface area contributed by atoms with Gasteiger partial charge >= 0.3 is 0 Å². The Hall–Kier alpha value is -6.52. The lowest BCUT2D eigenvalue weighted by Gasteiger charge is -2.20. The van der Waals surface area contributed by atoms with Crippen molar-refractivity contribution in [1.29, 1.82) is 0 Å². The largest absolute Gasteiger partial charge is 0.354 e. The van der Waals surface area contributed by atoms with Crippen LogP contribution in [0.1, 0.15) is 150 Å². The average molecular weight is 841 g/mol. The normalized spacial score (nSPS) is 13.8. The van der Waals surface area contributed by atoms with Gasteiger partial charge in [-0.3, -0.25) is 0 Å². The average Bonchev–Trinajstić information content (AvgIpc) is 4.08. The quantitative estimate of drug-likeness (QED) is 0.136. The van der Waals surface area contributed by atoms with Gasteiger partial charge in [0, 0.05) is 66.5 Å². The van der Waals surface area contributed by atoms with E-state index in [0.717, 1.165) is 88.7 Å². The SMILES string of the molecule is CC(C)(C)c1ccc(C2=c3ccc([nH]3)=C(c3ccc(C(C)(C)C)cc3)c3ccc([nH]3)C(c3ccc(C(C)(C)C)cc3)=c3ccc([nH]3)=C(c3ccc(C(C)(C)C)cc3)c3ccc2[nH]3)cc1. The maximum absolute atomic E-state index is 3.97. The summed E-state index contributed by atoms with van der Waals surface area (Å²) in [7, 11) is 0. The lowest BCUT2D eigenvalue weighted by atomic mass is 9.86. The van der Waals surface area contributed by atoms with Crippen molar-refractivity contribution in [1.82, 2.24) is 19.9 Å². The number of hydrogen-bond donors (Lipinski definition) is 4. The minimum Gasteiger partial charge on any atom is -0.354 e. The van der Waals surface area contributed by atoms with Crippen LogP contribution in [0.5, 0.6) is 0 Å². The zero-order valence-corrected chi connectivity index (χ0v) is 39.9. The Labute approximate surface area is 379 Å². The highest BCUT2D eigenvalue weighted by Crippen LogP contribution is 2.32. The van der Waals surface area contributed by atoms with Crippen LogP contribution in [0.3, 0.4) is 0 Å². The number of rotatable bonds is 4. The highest BCUT2D eigenvalue weighted by atomic mass is 14.8. The van der Waals surface area contributed by atoms with Crippen molar-refractivity contribution in [3.8, 4) is 0 Å². The van der Waals surface area contributed by atoms with E-state index in [2.05, 4.69) is 249 Å². The van der Waals surface area contributed by atoms with Gasteiger partial charge in [-0.25, -0.2) is 0 Å². The van der Waals surface area contributed by atoms with Crippen molar-refractivity contribution in [2.75, 3.05) is 0 Å². The molecule has 64 heavy (non-hydrogen) atoms. The number of benzene rings is 4. The van der Waals surface area contributed by atoms with Gasteiger partial charge in [-0.15, -0.1) is 0 Å². The maximum Gasteiger partial charge on any atom is 0.0485 e. The second-order valence-electron chi connectivity index (χ2n) is 22.0. The van der Waals surface area contributed by atoms with Crippen LogP contribution < -0.4 is 21.4 Å². The van der Waals surface area contributed by atoms with Crippen molar-refractivity contribution < 1.29 is 0 Å². The highest BCUT2D eigenvalue weighted by molar-refractivity contribution is 5.85. The first-order chi connectivity index (χ1) is 30.2. The minimum atomic E-state index is 0.0403. The fourth-order valence-electron chi connectivity index (χ4n) is 9.12. The Bertz CT molecular complexity index is 2800. The fraction of sp³-hybridized carbons (Fsp3) is 0.267. The first-order valence-corrected chi connectivity index (χ1v) is 22.9. The van der Waals surface area contributed by atoms with E-state index in [0.29, 0.717) is 0 Å². The molecule has 1 aliphatic heterocycles. The Morgan fingerprint density at radius 1 is 0.219 bits per heavy atom. The van der Waals surface area contributed by atoms with Gasteiger partial charge < -0.3 is 19.9 Å². The summed E-state index contributed by atoms with van der Waals surface area (Å²) in [5.74, 6) is 0. The number of aromatic amines is 4. The number of fused-ring (bicyclic) bond motifs is 8. The van der Waals surface area contributed by atoms with Crippen molar-refractivity contribution >= 4 is 22.3 Å². The summed E-state index contributed by atoms with van der Waals surface area (Å²) >= 11 is 0. The smallest absolute Gasteiger partial charge is 0.0485 e. The van der Waals surface area contributed by atoms with E-state index in [9.17, 15) is 0 Å². The number of hydrogen-bond acceptors (Lipinski definition) is 0. The van der Waals surface area contributed by atoms with Crippen molar-refractivity contribution in [2.45, 2.75) is 105 Å². The molecule has 0 aliphatic carbocycles. The van der Waals surface area contributed by atoms with Crippen LogP contribution >= 0.6 is 0 Å². The van der Waals surface area contributed by atoms with Crippen LogP contribution in [0.15, 0.2) is 146 Å². The molecule has 8 bridgehead atoms. The maximum atomic E-state index is 3.97. The molecule has 324 valence electrons. The molecule has 1 aliphatic rings. The van der Waals surface area contributed by atoms with Crippen LogP contribution in [-0.2, 0) is 21.7 Å². The molecular weight excluding hydrogens is 777 g/mol. The van der Waals surface area contributed by atoms with Crippen LogP contribution in [0.2, 0.25) is 0 Å². The summed E-state index contributed by atoms with van der Waals surface area (Å²) in [6.07, 6.45) is 0. The number of nitrogens with one attached hydrogen (secondary N) is 4. The molecule has 5 heterocycles. The summed E-state index contributed by atoms with van der Waals surface area (Å²) in [5.41, 5.74) is 18.6. The molecule has 8 aromatic rings. The molecule has 4 N–H and O–H groups in total. The molecule has 0 unspecified atom stereocenters. The molecule has 0 saturated heterocycles. The predicted octanol–water partition coefficient (Wildman–Crippen LogP) is 11.5. The van der Waals surface area contributed by atoms with Crippen molar-refractivity contribution in [3.63, 3.8) is 0 Å². The van der Waals surface area contributed by atoms with Crippen LogP contribution in [0.4, 0.5) is 0 Å². The van der Waals surface area contributed by atoms with E-state index in [1.165, 1.54) is 22.3 Å². The monoisotopic (exact) mass is 841 g/mol. The molecular formula is C60H64N4. The Balaban J connectivity index is 1.38. The highest BCUT2D eigenvalue weighted by Gasteiger charge is 2.22. The zero-order chi connectivity index (χ0) is 45.3. The predicted molar refractivity (Wildman–Crippen MR) is 269 cm³/mol. The second-order valence-corrected chi connectivity index (χ2v) is 22.0. The third-order valence-corrected chi connectivity index (χ3v) is 13.1. The Morgan fingerprint density at radius 3 is 0.578 bits per heavy atom. The van der Waals surface area contributed by atoms with E-state index < -0.39 is 0 Å². The summed E-state index contributed by atoms with van der Waals surface area (Å²) < 4.78 is 0. The first-order valence-electron chi connectivity index (χ1n) is 22.9. The number of H-pyrrole nitrogens is 4. The Kier molecular flexibility index (Phi) is 10.4. The van der Waals surface area contributed by atoms with Gasteiger partial charge in [-0.05, 0) is 115 Å². The molecule has 4 heteroatoms. The number of aromatic nitrogens is 4. The van der Waals surface area contributed by atoms with Gasteiger partial charge in [0.05, 0.1) is 0 Å². The lowest BCUT2D eigenvalue weighted by molar-refractivity contribution is 0.590. The van der Waals surface area contributed by atoms with Gasteiger partial charge in [0.1, 0.15) is 0 Å². The van der Waals surface area contributed by atoms with E-state index >= 15 is 0 Å². The van der Waals surface area contributed by atoms with Gasteiger partial charge in [-0.1, -0.05) is 180 Å². The van der Waals surface area contributed by atoms with Crippen molar-refractivity contribution in [3.05, 3.63) is 234 Å². The minimum absolute atomic E-state index is 0.0403. The van der Waals surface area contributed by atoms with Gasteiger partial charge in [0.15, 0.2) is 0 Å². The van der Waals surface area contributed by atoms with Crippen LogP contribution in [-0.4, -0.2) is 19.9 Å². The molecule has 4 nitrogen and oxygen atoms in total. The summed E-state index contributed by atoms with van der Waals surface area (Å²) in [6, 6.07) is 54.4. The van der Waals surface area contributed by atoms with Gasteiger partial charge in [-0.2, -0.15) is 0 Å². The summed E-state index contributed by atoms with van der Waals surface area (Å²) in [5, 5.41) is 4.16. The van der Waals surface area contributed by atoms with Gasteiger partial charge in [0.25, 0.3) is 0 Å². The molecule has 0 fully saturated rings. The van der Waals surface area contributed by atoms with Gasteiger partial charge in [0.2, 0.25) is 0 Å². The van der Waals surface area contributed by atoms with E-state index in [-0.39, 0.29) is 21.7 Å². The van der Waals surface area contributed by atoms with E-state index in [1.54, 1.807) is 0 Å². The fourth-order valence-corrected chi connectivity index (χ4v) is 9.12. The molecule has 0 radical (unpaired) electrons. The molecule has 0 spiro atoms. The first kappa shape index (κ1) is 42.8. The summed E-state index contributed by atoms with van der Waals surface area (Å²) in [4.78, 5) is 15.9. The standard InChI is InChI=1S/C60H64N4/c1-57(2,3)41-21-13-37(14-22-41)53-45-29-31-47(61-45)54(38-15-23-42(24-16-38)58(4,5)6)49-33-35-51(63-49)56(40-19-27-44(28-20-40)60(10,11)12)52-36-34-50(64-52)55(48-32-30-46(53)62-48)39-17-25-43(26-18-39)59(7,8)9/h13-36,61-64H,1-12H3. The molecule has 4 aromatic heterocycles. The lowest BCUT2D eigenvalue weighted by Crippen LogP contribution is -2.19. The summed E-state index contributed by atoms with van der Waals surface area (Å²) in [6.45, 7) is 27.3. The molecule has 9 rings (SSSR count). The molecule has 4 aromatic carbocycles. The van der Waals surface area contributed by atoms with Crippen LogP contribution in [0, 0.1) is 0 Å². The molecule has 0 amide bonds. The molecule has 0 atom stereocenters. The molecule has 0 saturated carbocycles. The van der Waals surface area contributed by atoms with E-state index in [4.69, 9.17) is 0 Å². The second kappa shape index (κ2) is 15.6. The zero-order valence-electron chi connectivity index (χ0n) is 39.9. The topological polar surface area (TPSA) is 63.2 Å². The van der Waals surface area contributed by atoms with Crippen molar-refractivity contribution in [2.24, 2.45) is 0 Å². The van der Waals surface area contributed by atoms with Crippen LogP contribution in [0.25, 0.3) is 22.3 Å².